The fraction of sp³-hybridized carbons (Fsp3) is 0.500. The number of esters is 1. The summed E-state index contributed by atoms with van der Waals surface area (Å²) < 4.78 is 9.79. The Morgan fingerprint density at radius 2 is 1.83 bits per heavy atom. The largest absolute Gasteiger partial charge is 0.459 e. The van der Waals surface area contributed by atoms with Crippen molar-refractivity contribution in [2.24, 2.45) is 0 Å². The Kier molecular flexibility index (Phi) is 8.07. The Labute approximate surface area is 136 Å². The van der Waals surface area contributed by atoms with Crippen LogP contribution in [0, 0.1) is 0 Å². The molecular weight excluding hydrogens is 300 g/mol. The van der Waals surface area contributed by atoms with Crippen LogP contribution in [0.4, 0.5) is 10.5 Å². The van der Waals surface area contributed by atoms with Crippen LogP contribution in [0.1, 0.15) is 31.1 Å². The summed E-state index contributed by atoms with van der Waals surface area (Å²) in [4.78, 5) is 23.1. The van der Waals surface area contributed by atoms with Gasteiger partial charge in [-0.1, -0.05) is 13.8 Å². The summed E-state index contributed by atoms with van der Waals surface area (Å²) in [6.45, 7) is 6.19. The molecule has 0 spiro atoms. The normalized spacial score (nSPS) is 11.9. The molecule has 3 N–H and O–H groups in total. The van der Waals surface area contributed by atoms with Gasteiger partial charge in [-0.3, -0.25) is 5.32 Å². The van der Waals surface area contributed by atoms with E-state index in [1.165, 1.54) is 12.1 Å². The summed E-state index contributed by atoms with van der Waals surface area (Å²) in [5, 5.41) is 15.3. The van der Waals surface area contributed by atoms with E-state index in [0.717, 1.165) is 0 Å². The van der Waals surface area contributed by atoms with Gasteiger partial charge in [0, 0.05) is 18.3 Å². The molecule has 128 valence electrons. The van der Waals surface area contributed by atoms with Gasteiger partial charge in [0.05, 0.1) is 12.2 Å². The summed E-state index contributed by atoms with van der Waals surface area (Å²) in [5.74, 6) is -0.531. The number of aliphatic hydroxyl groups is 1. The number of ether oxygens (including phenoxy) is 2. The molecule has 0 bridgehead atoms. The highest BCUT2D eigenvalue weighted by molar-refractivity contribution is 5.91. The maximum absolute atomic E-state index is 11.9. The molecule has 1 unspecified atom stereocenters. The van der Waals surface area contributed by atoms with Crippen LogP contribution < -0.4 is 10.6 Å². The summed E-state index contributed by atoms with van der Waals surface area (Å²) in [5.41, 5.74) is 0.851. The standard InChI is InChI=1S/C16H24N2O5/c1-4-22-16(21)18-13-7-5-12(6-8-13)15(20)23-10-14(19)9-17-11(2)3/h5-8,11,14,17,19H,4,9-10H2,1-3H3,(H,18,21). The molecule has 0 aliphatic carbocycles. The molecule has 0 aliphatic rings. The third kappa shape index (κ3) is 7.62. The van der Waals surface area contributed by atoms with Crippen molar-refractivity contribution in [3.05, 3.63) is 29.8 Å². The third-order valence-electron chi connectivity index (χ3n) is 2.81. The lowest BCUT2D eigenvalue weighted by atomic mass is 10.2. The highest BCUT2D eigenvalue weighted by Crippen LogP contribution is 2.11. The van der Waals surface area contributed by atoms with E-state index in [2.05, 4.69) is 10.6 Å². The van der Waals surface area contributed by atoms with Gasteiger partial charge in [0.2, 0.25) is 0 Å². The molecule has 0 fully saturated rings. The second-order valence-electron chi connectivity index (χ2n) is 5.24. The number of anilines is 1. The number of amides is 1. The predicted octanol–water partition coefficient (Wildman–Crippen LogP) is 1.77. The van der Waals surface area contributed by atoms with Gasteiger partial charge in [-0.15, -0.1) is 0 Å². The lowest BCUT2D eigenvalue weighted by Gasteiger charge is -2.14. The van der Waals surface area contributed by atoms with Crippen LogP contribution in [0.15, 0.2) is 24.3 Å². The van der Waals surface area contributed by atoms with Crippen molar-refractivity contribution in [1.29, 1.82) is 0 Å². The summed E-state index contributed by atoms with van der Waals surface area (Å²) >= 11 is 0. The van der Waals surface area contributed by atoms with Crippen LogP contribution in [0.2, 0.25) is 0 Å². The maximum Gasteiger partial charge on any atom is 0.411 e. The van der Waals surface area contributed by atoms with Gasteiger partial charge in [0.15, 0.2) is 0 Å². The minimum absolute atomic E-state index is 0.0820. The zero-order chi connectivity index (χ0) is 17.2. The Balaban J connectivity index is 2.43. The van der Waals surface area contributed by atoms with Gasteiger partial charge in [0.1, 0.15) is 12.7 Å². The Morgan fingerprint density at radius 3 is 2.39 bits per heavy atom. The Morgan fingerprint density at radius 1 is 1.17 bits per heavy atom. The van der Waals surface area contributed by atoms with Gasteiger partial charge >= 0.3 is 12.1 Å². The van der Waals surface area contributed by atoms with Crippen LogP contribution in [0.5, 0.6) is 0 Å². The molecule has 0 aromatic heterocycles. The zero-order valence-electron chi connectivity index (χ0n) is 13.7. The molecular formula is C16H24N2O5. The van der Waals surface area contributed by atoms with Crippen molar-refractivity contribution < 1.29 is 24.2 Å². The number of rotatable bonds is 8. The average molecular weight is 324 g/mol. The van der Waals surface area contributed by atoms with Crippen LogP contribution in [0.3, 0.4) is 0 Å². The lowest BCUT2D eigenvalue weighted by Crippen LogP contribution is -2.35. The second-order valence-corrected chi connectivity index (χ2v) is 5.24. The van der Waals surface area contributed by atoms with E-state index in [1.54, 1.807) is 19.1 Å². The van der Waals surface area contributed by atoms with Crippen LogP contribution >= 0.6 is 0 Å². The van der Waals surface area contributed by atoms with Gasteiger partial charge in [-0.25, -0.2) is 9.59 Å². The molecule has 7 nitrogen and oxygen atoms in total. The first kappa shape index (κ1) is 18.9. The van der Waals surface area contributed by atoms with E-state index in [0.29, 0.717) is 17.8 Å². The van der Waals surface area contributed by atoms with E-state index in [-0.39, 0.29) is 19.3 Å². The monoisotopic (exact) mass is 324 g/mol. The molecule has 0 saturated heterocycles. The number of benzene rings is 1. The van der Waals surface area contributed by atoms with Crippen LogP contribution in [0.25, 0.3) is 0 Å². The van der Waals surface area contributed by atoms with Crippen molar-refractivity contribution >= 4 is 17.7 Å². The van der Waals surface area contributed by atoms with Crippen LogP contribution in [-0.4, -0.2) is 49.1 Å². The number of carbonyl (C=O) groups is 2. The summed E-state index contributed by atoms with van der Waals surface area (Å²) in [6.07, 6.45) is -1.31. The number of carbonyl (C=O) groups excluding carboxylic acids is 2. The number of aliphatic hydroxyl groups excluding tert-OH is 1. The molecule has 0 heterocycles. The number of hydrogen-bond acceptors (Lipinski definition) is 6. The van der Waals surface area contributed by atoms with E-state index < -0.39 is 18.2 Å². The van der Waals surface area contributed by atoms with Gasteiger partial charge in [-0.05, 0) is 31.2 Å². The molecule has 7 heteroatoms. The second kappa shape index (κ2) is 9.81. The number of nitrogens with one attached hydrogen (secondary N) is 2. The topological polar surface area (TPSA) is 96.9 Å². The molecule has 0 saturated carbocycles. The maximum atomic E-state index is 11.9. The average Bonchev–Trinajstić information content (AvgIpc) is 2.51. The minimum Gasteiger partial charge on any atom is -0.459 e. The molecule has 23 heavy (non-hydrogen) atoms. The summed E-state index contributed by atoms with van der Waals surface area (Å²) in [6, 6.07) is 6.46. The first-order chi connectivity index (χ1) is 10.9. The fourth-order valence-electron chi connectivity index (χ4n) is 1.66. The molecule has 0 radical (unpaired) electrons. The van der Waals surface area contributed by atoms with Crippen molar-refractivity contribution in [1.82, 2.24) is 5.32 Å². The smallest absolute Gasteiger partial charge is 0.411 e. The third-order valence-corrected chi connectivity index (χ3v) is 2.81. The van der Waals surface area contributed by atoms with Gasteiger partial charge in [0.25, 0.3) is 0 Å². The fourth-order valence-corrected chi connectivity index (χ4v) is 1.66. The molecule has 1 amide bonds. The Bertz CT molecular complexity index is 502. The highest BCUT2D eigenvalue weighted by atomic mass is 16.5. The van der Waals surface area contributed by atoms with Gasteiger partial charge < -0.3 is 19.9 Å². The number of hydrogen-bond donors (Lipinski definition) is 3. The van der Waals surface area contributed by atoms with Crippen molar-refractivity contribution in [2.75, 3.05) is 25.1 Å². The highest BCUT2D eigenvalue weighted by Gasteiger charge is 2.11. The van der Waals surface area contributed by atoms with E-state index >= 15 is 0 Å². The molecule has 1 aromatic carbocycles. The molecule has 1 aromatic rings. The van der Waals surface area contributed by atoms with E-state index in [9.17, 15) is 14.7 Å². The predicted molar refractivity (Wildman–Crippen MR) is 86.5 cm³/mol. The molecule has 1 atom stereocenters. The zero-order valence-corrected chi connectivity index (χ0v) is 13.7. The van der Waals surface area contributed by atoms with Crippen molar-refractivity contribution in [3.8, 4) is 0 Å². The van der Waals surface area contributed by atoms with Gasteiger partial charge in [-0.2, -0.15) is 0 Å². The molecule has 0 aliphatic heterocycles. The quantitative estimate of drug-likeness (QED) is 0.631. The first-order valence-electron chi connectivity index (χ1n) is 7.54. The minimum atomic E-state index is -0.758. The first-order valence-corrected chi connectivity index (χ1v) is 7.54. The van der Waals surface area contributed by atoms with Crippen molar-refractivity contribution in [3.63, 3.8) is 0 Å². The molecule has 1 rings (SSSR count). The van der Waals surface area contributed by atoms with Crippen LogP contribution in [-0.2, 0) is 9.47 Å². The Hall–Kier alpha value is -2.12. The van der Waals surface area contributed by atoms with E-state index in [1.807, 2.05) is 13.8 Å². The summed E-state index contributed by atoms with van der Waals surface area (Å²) in [7, 11) is 0. The lowest BCUT2D eigenvalue weighted by molar-refractivity contribution is 0.0256. The SMILES string of the molecule is CCOC(=O)Nc1ccc(C(=O)OCC(O)CNC(C)C)cc1. The van der Waals surface area contributed by atoms with E-state index in [4.69, 9.17) is 9.47 Å². The van der Waals surface area contributed by atoms with Crippen molar-refractivity contribution in [2.45, 2.75) is 32.9 Å².